The predicted octanol–water partition coefficient (Wildman–Crippen LogP) is 1.24. The fourth-order valence-corrected chi connectivity index (χ4v) is 2.08. The van der Waals surface area contributed by atoms with Crippen molar-refractivity contribution in [1.29, 1.82) is 0 Å². The topological polar surface area (TPSA) is 47.8 Å². The van der Waals surface area contributed by atoms with Gasteiger partial charge in [0.2, 0.25) is 0 Å². The smallest absolute Gasteiger partial charge is 0.143 e. The van der Waals surface area contributed by atoms with E-state index in [2.05, 4.69) is 10.3 Å². The van der Waals surface area contributed by atoms with E-state index >= 15 is 0 Å². The molecular formula is C12H11N3O. The van der Waals surface area contributed by atoms with Gasteiger partial charge in [-0.05, 0) is 24.1 Å². The van der Waals surface area contributed by atoms with Crippen molar-refractivity contribution in [2.75, 3.05) is 0 Å². The Hall–Kier alpha value is -1.97. The standard InChI is InChI=1S/C12H11N3O/c1-8-2-3-9-5-11(16)6-10-7-13-14-15(10)12(9)4-8/h2-4,7H,5-6H2,1H3. The van der Waals surface area contributed by atoms with E-state index in [1.54, 1.807) is 10.9 Å². The van der Waals surface area contributed by atoms with Crippen LogP contribution in [0.15, 0.2) is 24.4 Å². The Labute approximate surface area is 92.9 Å². The van der Waals surface area contributed by atoms with Crippen LogP contribution >= 0.6 is 0 Å². The molecule has 1 aromatic heterocycles. The highest BCUT2D eigenvalue weighted by Crippen LogP contribution is 2.22. The first-order chi connectivity index (χ1) is 7.74. The molecule has 0 N–H and O–H groups in total. The van der Waals surface area contributed by atoms with E-state index in [-0.39, 0.29) is 5.78 Å². The van der Waals surface area contributed by atoms with Gasteiger partial charge in [-0.15, -0.1) is 5.10 Å². The molecule has 0 atom stereocenters. The van der Waals surface area contributed by atoms with Crippen LogP contribution in [-0.4, -0.2) is 20.8 Å². The maximum absolute atomic E-state index is 11.7. The lowest BCUT2D eigenvalue weighted by Gasteiger charge is -2.07. The minimum atomic E-state index is 0.214. The molecule has 16 heavy (non-hydrogen) atoms. The SMILES string of the molecule is Cc1ccc2c(c1)-n1nncc1CC(=O)C2. The summed E-state index contributed by atoms with van der Waals surface area (Å²) in [4.78, 5) is 11.7. The van der Waals surface area contributed by atoms with Gasteiger partial charge in [0.1, 0.15) is 5.78 Å². The number of fused-ring (bicyclic) bond motifs is 3. The van der Waals surface area contributed by atoms with Crippen LogP contribution < -0.4 is 0 Å². The van der Waals surface area contributed by atoms with Crippen molar-refractivity contribution in [3.8, 4) is 5.69 Å². The summed E-state index contributed by atoms with van der Waals surface area (Å²) in [6, 6.07) is 6.07. The molecule has 0 bridgehead atoms. The van der Waals surface area contributed by atoms with Crippen LogP contribution in [0.25, 0.3) is 5.69 Å². The number of ketones is 1. The number of hydrogen-bond donors (Lipinski definition) is 0. The van der Waals surface area contributed by atoms with Crippen molar-refractivity contribution in [1.82, 2.24) is 15.0 Å². The minimum absolute atomic E-state index is 0.214. The van der Waals surface area contributed by atoms with Crippen molar-refractivity contribution in [3.05, 3.63) is 41.2 Å². The van der Waals surface area contributed by atoms with Gasteiger partial charge in [0.15, 0.2) is 0 Å². The first-order valence-electron chi connectivity index (χ1n) is 5.25. The predicted molar refractivity (Wildman–Crippen MR) is 58.5 cm³/mol. The molecule has 1 aliphatic heterocycles. The average Bonchev–Trinajstić information content (AvgIpc) is 2.64. The molecule has 0 saturated carbocycles. The van der Waals surface area contributed by atoms with Crippen LogP contribution in [0.3, 0.4) is 0 Å². The third-order valence-electron chi connectivity index (χ3n) is 2.85. The van der Waals surface area contributed by atoms with Gasteiger partial charge in [-0.2, -0.15) is 0 Å². The molecule has 4 heteroatoms. The van der Waals surface area contributed by atoms with Crippen LogP contribution in [0.5, 0.6) is 0 Å². The lowest BCUT2D eigenvalue weighted by molar-refractivity contribution is -0.117. The molecule has 0 unspecified atom stereocenters. The zero-order valence-electron chi connectivity index (χ0n) is 8.97. The summed E-state index contributed by atoms with van der Waals surface area (Å²) >= 11 is 0. The van der Waals surface area contributed by atoms with E-state index in [0.717, 1.165) is 22.5 Å². The third kappa shape index (κ3) is 1.34. The van der Waals surface area contributed by atoms with Gasteiger partial charge in [0.05, 0.1) is 24.0 Å². The van der Waals surface area contributed by atoms with E-state index in [1.807, 2.05) is 25.1 Å². The van der Waals surface area contributed by atoms with Crippen molar-refractivity contribution in [2.45, 2.75) is 19.8 Å². The number of Topliss-reactive ketones (excluding diaryl/α,β-unsaturated/α-hetero) is 1. The number of benzene rings is 1. The van der Waals surface area contributed by atoms with Gasteiger partial charge >= 0.3 is 0 Å². The van der Waals surface area contributed by atoms with Crippen molar-refractivity contribution >= 4 is 5.78 Å². The number of carbonyl (C=O) groups excluding carboxylic acids is 1. The number of aryl methyl sites for hydroxylation is 1. The highest BCUT2D eigenvalue weighted by atomic mass is 16.1. The second-order valence-electron chi connectivity index (χ2n) is 4.16. The van der Waals surface area contributed by atoms with Crippen LogP contribution in [0.2, 0.25) is 0 Å². The molecule has 3 rings (SSSR count). The number of hydrogen-bond acceptors (Lipinski definition) is 3. The molecule has 0 amide bonds. The van der Waals surface area contributed by atoms with E-state index in [1.165, 1.54) is 0 Å². The Bertz CT molecular complexity index is 571. The first kappa shape index (κ1) is 9.27. The summed E-state index contributed by atoms with van der Waals surface area (Å²) in [5.74, 6) is 0.214. The number of nitrogens with zero attached hydrogens (tertiary/aromatic N) is 3. The first-order valence-corrected chi connectivity index (χ1v) is 5.25. The maximum atomic E-state index is 11.7. The zero-order valence-corrected chi connectivity index (χ0v) is 8.97. The number of rotatable bonds is 0. The lowest BCUT2D eigenvalue weighted by Crippen LogP contribution is -2.04. The Morgan fingerprint density at radius 2 is 2.19 bits per heavy atom. The van der Waals surface area contributed by atoms with Crippen molar-refractivity contribution in [3.63, 3.8) is 0 Å². The Kier molecular flexibility index (Phi) is 1.89. The summed E-state index contributed by atoms with van der Waals surface area (Å²) in [5.41, 5.74) is 4.04. The monoisotopic (exact) mass is 213 g/mol. The van der Waals surface area contributed by atoms with Gasteiger partial charge in [0, 0.05) is 6.42 Å². The quantitative estimate of drug-likeness (QED) is 0.661. The fraction of sp³-hybridized carbons (Fsp3) is 0.250. The number of aromatic nitrogens is 3. The Morgan fingerprint density at radius 3 is 3.06 bits per heavy atom. The Balaban J connectivity index is 2.29. The fourth-order valence-electron chi connectivity index (χ4n) is 2.08. The average molecular weight is 213 g/mol. The third-order valence-corrected chi connectivity index (χ3v) is 2.85. The van der Waals surface area contributed by atoms with Crippen LogP contribution in [-0.2, 0) is 17.6 Å². The second-order valence-corrected chi connectivity index (χ2v) is 4.16. The largest absolute Gasteiger partial charge is 0.299 e. The highest BCUT2D eigenvalue weighted by Gasteiger charge is 2.19. The molecule has 1 aromatic carbocycles. The molecule has 0 spiro atoms. The summed E-state index contributed by atoms with van der Waals surface area (Å²) in [7, 11) is 0. The summed E-state index contributed by atoms with van der Waals surface area (Å²) in [5, 5.41) is 7.92. The van der Waals surface area contributed by atoms with E-state index in [0.29, 0.717) is 12.8 Å². The van der Waals surface area contributed by atoms with Crippen molar-refractivity contribution in [2.24, 2.45) is 0 Å². The van der Waals surface area contributed by atoms with Gasteiger partial charge in [-0.3, -0.25) is 4.79 Å². The van der Waals surface area contributed by atoms with Gasteiger partial charge in [0.25, 0.3) is 0 Å². The normalized spacial score (nSPS) is 14.2. The van der Waals surface area contributed by atoms with Gasteiger partial charge in [-0.25, -0.2) is 4.68 Å². The molecule has 4 nitrogen and oxygen atoms in total. The van der Waals surface area contributed by atoms with E-state index < -0.39 is 0 Å². The highest BCUT2D eigenvalue weighted by molar-refractivity contribution is 5.84. The minimum Gasteiger partial charge on any atom is -0.299 e. The van der Waals surface area contributed by atoms with Crippen molar-refractivity contribution < 1.29 is 4.79 Å². The molecule has 2 aromatic rings. The molecule has 0 fully saturated rings. The van der Waals surface area contributed by atoms with Crippen LogP contribution in [0.1, 0.15) is 16.8 Å². The molecule has 2 heterocycles. The van der Waals surface area contributed by atoms with Gasteiger partial charge in [-0.1, -0.05) is 17.3 Å². The molecule has 0 aliphatic carbocycles. The van der Waals surface area contributed by atoms with Crippen LogP contribution in [0.4, 0.5) is 0 Å². The Morgan fingerprint density at radius 1 is 1.31 bits per heavy atom. The lowest BCUT2D eigenvalue weighted by atomic mass is 10.0. The molecule has 0 radical (unpaired) electrons. The van der Waals surface area contributed by atoms with E-state index in [4.69, 9.17) is 0 Å². The number of carbonyl (C=O) groups is 1. The summed E-state index contributed by atoms with van der Waals surface area (Å²) in [6.45, 7) is 2.03. The molecule has 80 valence electrons. The molecule has 0 saturated heterocycles. The maximum Gasteiger partial charge on any atom is 0.143 e. The summed E-state index contributed by atoms with van der Waals surface area (Å²) < 4.78 is 1.77. The molecular weight excluding hydrogens is 202 g/mol. The second kappa shape index (κ2) is 3.27. The van der Waals surface area contributed by atoms with Crippen LogP contribution in [0, 0.1) is 6.92 Å². The summed E-state index contributed by atoms with van der Waals surface area (Å²) in [6.07, 6.45) is 2.56. The van der Waals surface area contributed by atoms with E-state index in [9.17, 15) is 4.79 Å². The van der Waals surface area contributed by atoms with Gasteiger partial charge < -0.3 is 0 Å². The zero-order chi connectivity index (χ0) is 11.1. The molecule has 1 aliphatic rings.